The van der Waals surface area contributed by atoms with Gasteiger partial charge in [0.15, 0.2) is 0 Å². The van der Waals surface area contributed by atoms with Crippen LogP contribution in [0.2, 0.25) is 0 Å². The van der Waals surface area contributed by atoms with Crippen molar-refractivity contribution < 1.29 is 5.11 Å². The van der Waals surface area contributed by atoms with Crippen LogP contribution < -0.4 is 0 Å². The SMILES string of the molecule is OC(c1ccccc1)c1ccc2c(c1)CCC2. The van der Waals surface area contributed by atoms with Crippen LogP contribution in [0.15, 0.2) is 48.5 Å². The van der Waals surface area contributed by atoms with E-state index in [1.165, 1.54) is 24.0 Å². The second kappa shape index (κ2) is 4.34. The zero-order valence-corrected chi connectivity index (χ0v) is 9.76. The van der Waals surface area contributed by atoms with Gasteiger partial charge in [0, 0.05) is 0 Å². The number of rotatable bonds is 2. The maximum Gasteiger partial charge on any atom is 0.104 e. The van der Waals surface area contributed by atoms with Crippen LogP contribution in [-0.4, -0.2) is 5.11 Å². The lowest BCUT2D eigenvalue weighted by molar-refractivity contribution is 0.220. The van der Waals surface area contributed by atoms with E-state index in [9.17, 15) is 5.11 Å². The van der Waals surface area contributed by atoms with Crippen molar-refractivity contribution in [3.8, 4) is 0 Å². The third kappa shape index (κ3) is 1.98. The fourth-order valence-corrected chi connectivity index (χ4v) is 2.59. The molecule has 0 bridgehead atoms. The number of benzene rings is 2. The van der Waals surface area contributed by atoms with Gasteiger partial charge in [-0.05, 0) is 41.5 Å². The Morgan fingerprint density at radius 3 is 2.41 bits per heavy atom. The quantitative estimate of drug-likeness (QED) is 0.830. The van der Waals surface area contributed by atoms with Crippen LogP contribution >= 0.6 is 0 Å². The van der Waals surface area contributed by atoms with Crippen molar-refractivity contribution in [3.05, 3.63) is 70.8 Å². The molecule has 1 heteroatoms. The smallest absolute Gasteiger partial charge is 0.104 e. The predicted molar refractivity (Wildman–Crippen MR) is 69.0 cm³/mol. The largest absolute Gasteiger partial charge is 0.384 e. The van der Waals surface area contributed by atoms with Gasteiger partial charge in [-0.25, -0.2) is 0 Å². The number of aryl methyl sites for hydroxylation is 2. The zero-order chi connectivity index (χ0) is 11.7. The minimum Gasteiger partial charge on any atom is -0.384 e. The van der Waals surface area contributed by atoms with Crippen LogP contribution in [0, 0.1) is 0 Å². The number of aliphatic hydroxyl groups is 1. The first-order valence-corrected chi connectivity index (χ1v) is 6.19. The Balaban J connectivity index is 1.94. The van der Waals surface area contributed by atoms with Gasteiger partial charge in [-0.15, -0.1) is 0 Å². The molecule has 17 heavy (non-hydrogen) atoms. The standard InChI is InChI=1S/C16H16O/c17-16(13-5-2-1-3-6-13)15-10-9-12-7-4-8-14(12)11-15/h1-3,5-6,9-11,16-17H,4,7-8H2. The number of fused-ring (bicyclic) bond motifs is 1. The molecule has 1 aliphatic carbocycles. The van der Waals surface area contributed by atoms with Gasteiger partial charge in [0.05, 0.1) is 0 Å². The van der Waals surface area contributed by atoms with E-state index in [0.717, 1.165) is 17.5 Å². The molecule has 1 nitrogen and oxygen atoms in total. The Bertz CT molecular complexity index is 516. The molecule has 0 amide bonds. The molecular weight excluding hydrogens is 208 g/mol. The first kappa shape index (κ1) is 10.5. The van der Waals surface area contributed by atoms with Crippen molar-refractivity contribution >= 4 is 0 Å². The lowest BCUT2D eigenvalue weighted by Gasteiger charge is -2.12. The van der Waals surface area contributed by atoms with Gasteiger partial charge >= 0.3 is 0 Å². The van der Waals surface area contributed by atoms with E-state index in [4.69, 9.17) is 0 Å². The van der Waals surface area contributed by atoms with Gasteiger partial charge in [-0.1, -0.05) is 48.5 Å². The Hall–Kier alpha value is -1.60. The van der Waals surface area contributed by atoms with Gasteiger partial charge in [0.2, 0.25) is 0 Å². The third-order valence-electron chi connectivity index (χ3n) is 3.55. The van der Waals surface area contributed by atoms with E-state index >= 15 is 0 Å². The lowest BCUT2D eigenvalue weighted by Crippen LogP contribution is -2.00. The van der Waals surface area contributed by atoms with Crippen molar-refractivity contribution in [1.82, 2.24) is 0 Å². The summed E-state index contributed by atoms with van der Waals surface area (Å²) < 4.78 is 0. The van der Waals surface area contributed by atoms with Gasteiger partial charge in [-0.3, -0.25) is 0 Å². The van der Waals surface area contributed by atoms with Crippen molar-refractivity contribution in [2.24, 2.45) is 0 Å². The van der Waals surface area contributed by atoms with Crippen molar-refractivity contribution in [2.75, 3.05) is 0 Å². The molecule has 0 saturated heterocycles. The van der Waals surface area contributed by atoms with Crippen LogP contribution in [0.4, 0.5) is 0 Å². The summed E-state index contributed by atoms with van der Waals surface area (Å²) in [4.78, 5) is 0. The highest BCUT2D eigenvalue weighted by atomic mass is 16.3. The fourth-order valence-electron chi connectivity index (χ4n) is 2.59. The van der Waals surface area contributed by atoms with Crippen LogP contribution in [0.25, 0.3) is 0 Å². The van der Waals surface area contributed by atoms with Crippen LogP contribution in [0.3, 0.4) is 0 Å². The third-order valence-corrected chi connectivity index (χ3v) is 3.55. The maximum absolute atomic E-state index is 10.3. The minimum atomic E-state index is -0.498. The number of hydrogen-bond acceptors (Lipinski definition) is 1. The Labute approximate surface area is 102 Å². The molecule has 0 radical (unpaired) electrons. The summed E-state index contributed by atoms with van der Waals surface area (Å²) >= 11 is 0. The molecular formula is C16H16O. The average Bonchev–Trinajstić information content (AvgIpc) is 2.86. The highest BCUT2D eigenvalue weighted by Gasteiger charge is 2.15. The second-order valence-corrected chi connectivity index (χ2v) is 4.69. The summed E-state index contributed by atoms with van der Waals surface area (Å²) in [5.74, 6) is 0. The first-order valence-electron chi connectivity index (χ1n) is 6.19. The zero-order valence-electron chi connectivity index (χ0n) is 9.76. The number of aliphatic hydroxyl groups excluding tert-OH is 1. The van der Waals surface area contributed by atoms with Crippen molar-refractivity contribution in [3.63, 3.8) is 0 Å². The Morgan fingerprint density at radius 1 is 0.824 bits per heavy atom. The topological polar surface area (TPSA) is 20.2 Å². The van der Waals surface area contributed by atoms with E-state index in [0.29, 0.717) is 0 Å². The molecule has 1 aliphatic rings. The molecule has 0 aliphatic heterocycles. The summed E-state index contributed by atoms with van der Waals surface area (Å²) in [6, 6.07) is 16.2. The molecule has 2 aromatic rings. The maximum atomic E-state index is 10.3. The summed E-state index contributed by atoms with van der Waals surface area (Å²) in [5, 5.41) is 10.3. The molecule has 0 heterocycles. The molecule has 1 N–H and O–H groups in total. The van der Waals surface area contributed by atoms with Crippen LogP contribution in [0.1, 0.15) is 34.8 Å². The summed E-state index contributed by atoms with van der Waals surface area (Å²) in [5.41, 5.74) is 4.84. The molecule has 1 atom stereocenters. The first-order chi connectivity index (χ1) is 8.34. The molecule has 0 spiro atoms. The van der Waals surface area contributed by atoms with Gasteiger partial charge in [-0.2, -0.15) is 0 Å². The van der Waals surface area contributed by atoms with Gasteiger partial charge in [0.1, 0.15) is 6.10 Å². The van der Waals surface area contributed by atoms with E-state index in [1.54, 1.807) is 0 Å². The summed E-state index contributed by atoms with van der Waals surface area (Å²) in [6.45, 7) is 0. The number of hydrogen-bond donors (Lipinski definition) is 1. The van der Waals surface area contributed by atoms with E-state index in [2.05, 4.69) is 18.2 Å². The molecule has 1 unspecified atom stereocenters. The lowest BCUT2D eigenvalue weighted by atomic mass is 9.98. The summed E-state index contributed by atoms with van der Waals surface area (Å²) in [6.07, 6.45) is 3.10. The van der Waals surface area contributed by atoms with E-state index in [-0.39, 0.29) is 0 Å². The molecule has 0 saturated carbocycles. The molecule has 3 rings (SSSR count). The summed E-state index contributed by atoms with van der Waals surface area (Å²) in [7, 11) is 0. The second-order valence-electron chi connectivity index (χ2n) is 4.69. The molecule has 0 fully saturated rings. The highest BCUT2D eigenvalue weighted by Crippen LogP contribution is 2.28. The van der Waals surface area contributed by atoms with E-state index in [1.807, 2.05) is 30.3 Å². The minimum absolute atomic E-state index is 0.498. The van der Waals surface area contributed by atoms with Gasteiger partial charge < -0.3 is 5.11 Å². The Kier molecular flexibility index (Phi) is 2.69. The molecule has 0 aromatic heterocycles. The average molecular weight is 224 g/mol. The van der Waals surface area contributed by atoms with E-state index < -0.39 is 6.10 Å². The predicted octanol–water partition coefficient (Wildman–Crippen LogP) is 3.26. The van der Waals surface area contributed by atoms with Crippen LogP contribution in [-0.2, 0) is 12.8 Å². The normalized spacial score (nSPS) is 15.6. The highest BCUT2D eigenvalue weighted by molar-refractivity contribution is 5.39. The monoisotopic (exact) mass is 224 g/mol. The Morgan fingerprint density at radius 2 is 1.59 bits per heavy atom. The molecule has 2 aromatic carbocycles. The van der Waals surface area contributed by atoms with Crippen LogP contribution in [0.5, 0.6) is 0 Å². The van der Waals surface area contributed by atoms with Gasteiger partial charge in [0.25, 0.3) is 0 Å². The van der Waals surface area contributed by atoms with Crippen molar-refractivity contribution in [2.45, 2.75) is 25.4 Å². The van der Waals surface area contributed by atoms with Crippen molar-refractivity contribution in [1.29, 1.82) is 0 Å². The fraction of sp³-hybridized carbons (Fsp3) is 0.250. The molecule has 86 valence electrons.